The molecule has 8 heteroatoms. The van der Waals surface area contributed by atoms with Crippen molar-refractivity contribution >= 4 is 21.8 Å². The predicted octanol–water partition coefficient (Wildman–Crippen LogP) is -0.237. The van der Waals surface area contributed by atoms with Gasteiger partial charge >= 0.3 is 11.8 Å². The number of rotatable bonds is 4. The third kappa shape index (κ3) is 3.28. The first-order valence-electron chi connectivity index (χ1n) is 7.20. The lowest BCUT2D eigenvalue weighted by Crippen LogP contribution is -2.48. The minimum atomic E-state index is -3.89. The van der Waals surface area contributed by atoms with Crippen molar-refractivity contribution in [3.8, 4) is 0 Å². The zero-order valence-corrected chi connectivity index (χ0v) is 12.7. The number of nitrogens with one attached hydrogen (secondary N) is 3. The molecule has 3 rings (SSSR count). The van der Waals surface area contributed by atoms with E-state index in [0.29, 0.717) is 0 Å². The van der Waals surface area contributed by atoms with Gasteiger partial charge in [-0.2, -0.15) is 0 Å². The van der Waals surface area contributed by atoms with Crippen LogP contribution in [0.1, 0.15) is 30.4 Å². The summed E-state index contributed by atoms with van der Waals surface area (Å²) in [6.07, 6.45) is 4.53. The molecule has 1 aromatic rings. The van der Waals surface area contributed by atoms with Gasteiger partial charge in [0.05, 0.1) is 4.90 Å². The molecular formula is C14H17N3O4S. The first-order chi connectivity index (χ1) is 10.5. The molecule has 0 unspecified atom stereocenters. The number of fused-ring (bicyclic) bond motifs is 1. The van der Waals surface area contributed by atoms with Gasteiger partial charge in [-0.25, -0.2) is 8.42 Å². The van der Waals surface area contributed by atoms with Gasteiger partial charge in [0.15, 0.2) is 0 Å². The fourth-order valence-corrected chi connectivity index (χ4v) is 3.31. The van der Waals surface area contributed by atoms with Gasteiger partial charge in [0.25, 0.3) is 10.0 Å². The Bertz CT molecular complexity index is 726. The number of benzene rings is 1. The first kappa shape index (κ1) is 15.0. The summed E-state index contributed by atoms with van der Waals surface area (Å²) in [7, 11) is -3.89. The van der Waals surface area contributed by atoms with Crippen molar-refractivity contribution in [2.24, 2.45) is 0 Å². The molecule has 118 valence electrons. The van der Waals surface area contributed by atoms with Crippen molar-refractivity contribution in [3.63, 3.8) is 0 Å². The summed E-state index contributed by atoms with van der Waals surface area (Å²) in [6, 6.07) is 4.94. The normalized spacial score (nSPS) is 16.9. The Morgan fingerprint density at radius 3 is 2.50 bits per heavy atom. The molecule has 2 amide bonds. The summed E-state index contributed by atoms with van der Waals surface area (Å²) >= 11 is 0. The number of sulfonamides is 1. The van der Waals surface area contributed by atoms with E-state index in [1.165, 1.54) is 6.07 Å². The van der Waals surface area contributed by atoms with Gasteiger partial charge in [-0.3, -0.25) is 15.0 Å². The second kappa shape index (κ2) is 5.69. The molecule has 2 aliphatic carbocycles. The summed E-state index contributed by atoms with van der Waals surface area (Å²) < 4.78 is 24.3. The van der Waals surface area contributed by atoms with Crippen molar-refractivity contribution in [3.05, 3.63) is 29.3 Å². The molecule has 0 heterocycles. The Morgan fingerprint density at radius 2 is 1.77 bits per heavy atom. The lowest BCUT2D eigenvalue weighted by Gasteiger charge is -2.09. The van der Waals surface area contributed by atoms with Crippen molar-refractivity contribution in [2.45, 2.75) is 43.0 Å². The van der Waals surface area contributed by atoms with Gasteiger partial charge in [0.1, 0.15) is 0 Å². The summed E-state index contributed by atoms with van der Waals surface area (Å²) in [4.78, 5) is 25.0. The Balaban J connectivity index is 1.63. The second-order valence-corrected chi connectivity index (χ2v) is 7.27. The lowest BCUT2D eigenvalue weighted by molar-refractivity contribution is -0.139. The van der Waals surface area contributed by atoms with E-state index in [2.05, 4.69) is 5.32 Å². The van der Waals surface area contributed by atoms with Crippen molar-refractivity contribution < 1.29 is 18.0 Å². The highest BCUT2D eigenvalue weighted by atomic mass is 32.2. The van der Waals surface area contributed by atoms with Crippen LogP contribution in [0.3, 0.4) is 0 Å². The van der Waals surface area contributed by atoms with Crippen LogP contribution in [-0.2, 0) is 32.5 Å². The average Bonchev–Trinajstić information content (AvgIpc) is 3.17. The van der Waals surface area contributed by atoms with Gasteiger partial charge in [0.2, 0.25) is 0 Å². The Kier molecular flexibility index (Phi) is 3.88. The van der Waals surface area contributed by atoms with Crippen molar-refractivity contribution in [1.29, 1.82) is 0 Å². The molecule has 0 saturated heterocycles. The van der Waals surface area contributed by atoms with E-state index >= 15 is 0 Å². The fourth-order valence-electron chi connectivity index (χ4n) is 2.42. The lowest BCUT2D eigenvalue weighted by atomic mass is 10.1. The van der Waals surface area contributed by atoms with Gasteiger partial charge in [-0.15, -0.1) is 4.83 Å². The number of hydrogen-bond acceptors (Lipinski definition) is 4. The van der Waals surface area contributed by atoms with E-state index in [4.69, 9.17) is 0 Å². The third-order valence-electron chi connectivity index (χ3n) is 3.80. The van der Waals surface area contributed by atoms with Gasteiger partial charge in [0, 0.05) is 6.04 Å². The van der Waals surface area contributed by atoms with Crippen molar-refractivity contribution in [2.75, 3.05) is 0 Å². The van der Waals surface area contributed by atoms with Crippen LogP contribution in [0.25, 0.3) is 0 Å². The van der Waals surface area contributed by atoms with E-state index < -0.39 is 21.8 Å². The van der Waals surface area contributed by atoms with Crippen LogP contribution in [0.15, 0.2) is 23.1 Å². The van der Waals surface area contributed by atoms with E-state index in [1.54, 1.807) is 12.1 Å². The maximum Gasteiger partial charge on any atom is 0.324 e. The Morgan fingerprint density at radius 1 is 1.05 bits per heavy atom. The minimum Gasteiger partial charge on any atom is -0.345 e. The molecule has 0 spiro atoms. The number of hydrogen-bond donors (Lipinski definition) is 3. The second-order valence-electron chi connectivity index (χ2n) is 5.59. The highest BCUT2D eigenvalue weighted by Gasteiger charge is 2.27. The smallest absolute Gasteiger partial charge is 0.324 e. The van der Waals surface area contributed by atoms with E-state index in [9.17, 15) is 18.0 Å². The third-order valence-corrected chi connectivity index (χ3v) is 5.04. The topological polar surface area (TPSA) is 104 Å². The molecule has 3 N–H and O–H groups in total. The molecule has 1 fully saturated rings. The Labute approximate surface area is 128 Å². The van der Waals surface area contributed by atoms with E-state index in [0.717, 1.165) is 43.2 Å². The van der Waals surface area contributed by atoms with Crippen LogP contribution in [0.2, 0.25) is 0 Å². The molecule has 7 nitrogen and oxygen atoms in total. The quantitative estimate of drug-likeness (QED) is 0.525. The predicted molar refractivity (Wildman–Crippen MR) is 78.1 cm³/mol. The molecule has 0 aromatic heterocycles. The van der Waals surface area contributed by atoms with E-state index in [1.807, 2.05) is 10.3 Å². The number of amides is 2. The highest BCUT2D eigenvalue weighted by molar-refractivity contribution is 7.89. The maximum absolute atomic E-state index is 12.1. The summed E-state index contributed by atoms with van der Waals surface area (Å²) in [5.41, 5.74) is 4.11. The van der Waals surface area contributed by atoms with Gasteiger partial charge in [-0.05, 0) is 55.4 Å². The summed E-state index contributed by atoms with van der Waals surface area (Å²) in [6.45, 7) is 0. The van der Waals surface area contributed by atoms with Crippen LogP contribution in [0, 0.1) is 0 Å². The molecule has 0 bridgehead atoms. The van der Waals surface area contributed by atoms with E-state index in [-0.39, 0.29) is 10.9 Å². The van der Waals surface area contributed by atoms with Gasteiger partial charge < -0.3 is 5.32 Å². The molecule has 1 saturated carbocycles. The van der Waals surface area contributed by atoms with Crippen molar-refractivity contribution in [1.82, 2.24) is 15.6 Å². The summed E-state index contributed by atoms with van der Waals surface area (Å²) in [5, 5.41) is 2.48. The fraction of sp³-hybridized carbons (Fsp3) is 0.429. The molecule has 2 aliphatic rings. The monoisotopic (exact) mass is 323 g/mol. The standard InChI is InChI=1S/C14H17N3O4S/c18-13(15-11-5-6-11)14(19)16-17-22(20,21)12-7-4-9-2-1-3-10(9)8-12/h4,7-8,11,17H,1-3,5-6H2,(H,15,18)(H,16,19). The molecular weight excluding hydrogens is 306 g/mol. The van der Waals surface area contributed by atoms with Gasteiger partial charge in [-0.1, -0.05) is 6.07 Å². The van der Waals surface area contributed by atoms with Crippen LogP contribution in [0.5, 0.6) is 0 Å². The van der Waals surface area contributed by atoms with Crippen LogP contribution in [-0.4, -0.2) is 26.3 Å². The molecule has 0 atom stereocenters. The highest BCUT2D eigenvalue weighted by Crippen LogP contribution is 2.24. The SMILES string of the molecule is O=C(NNS(=O)(=O)c1ccc2c(c1)CCC2)C(=O)NC1CC1. The zero-order valence-electron chi connectivity index (χ0n) is 11.9. The molecule has 22 heavy (non-hydrogen) atoms. The maximum atomic E-state index is 12.1. The molecule has 1 aromatic carbocycles. The minimum absolute atomic E-state index is 0.0339. The van der Waals surface area contributed by atoms with Crippen LogP contribution < -0.4 is 15.6 Å². The zero-order chi connectivity index (χ0) is 15.7. The largest absolute Gasteiger partial charge is 0.345 e. The van der Waals surface area contributed by atoms with Crippen LogP contribution in [0.4, 0.5) is 0 Å². The summed E-state index contributed by atoms with van der Waals surface area (Å²) in [5.74, 6) is -1.85. The number of carbonyl (C=O) groups excluding carboxylic acids is 2. The Hall–Kier alpha value is -1.93. The number of carbonyl (C=O) groups is 2. The molecule has 0 radical (unpaired) electrons. The van der Waals surface area contributed by atoms with Crippen LogP contribution >= 0.6 is 0 Å². The molecule has 0 aliphatic heterocycles. The average molecular weight is 323 g/mol. The first-order valence-corrected chi connectivity index (χ1v) is 8.68. The number of aryl methyl sites for hydroxylation is 2. The number of hydrazine groups is 1.